The maximum Gasteiger partial charge on any atom is 0.279 e. The van der Waals surface area contributed by atoms with E-state index in [1.54, 1.807) is 0 Å². The van der Waals surface area contributed by atoms with Gasteiger partial charge in [0.05, 0.1) is 17.8 Å². The van der Waals surface area contributed by atoms with E-state index in [1.165, 1.54) is 29.3 Å². The van der Waals surface area contributed by atoms with Crippen LogP contribution in [0.3, 0.4) is 0 Å². The van der Waals surface area contributed by atoms with Gasteiger partial charge in [0, 0.05) is 12.0 Å². The normalized spacial score (nSPS) is 17.9. The van der Waals surface area contributed by atoms with Gasteiger partial charge in [-0.25, -0.2) is 4.39 Å². The van der Waals surface area contributed by atoms with E-state index in [0.29, 0.717) is 18.3 Å². The van der Waals surface area contributed by atoms with Crippen LogP contribution in [0.1, 0.15) is 30.0 Å². The van der Waals surface area contributed by atoms with Gasteiger partial charge in [-0.1, -0.05) is 35.9 Å². The first-order valence-electron chi connectivity index (χ1n) is 8.19. The molecule has 0 saturated carbocycles. The molecule has 2 N–H and O–H groups in total. The van der Waals surface area contributed by atoms with Crippen molar-refractivity contribution in [2.45, 2.75) is 25.3 Å². The lowest BCUT2D eigenvalue weighted by molar-refractivity contribution is -0.905. The first-order chi connectivity index (χ1) is 11.5. The summed E-state index contributed by atoms with van der Waals surface area (Å²) in [5.41, 5.74) is 3.17. The van der Waals surface area contributed by atoms with E-state index < -0.39 is 5.82 Å². The zero-order chi connectivity index (χ0) is 17.1. The number of likely N-dealkylation sites (N-methyl/N-ethyl adjacent to an activating group) is 1. The van der Waals surface area contributed by atoms with E-state index in [4.69, 9.17) is 11.6 Å². The fourth-order valence-electron chi connectivity index (χ4n) is 3.43. The van der Waals surface area contributed by atoms with Crippen LogP contribution in [0.5, 0.6) is 0 Å². The maximum absolute atomic E-state index is 13.1. The van der Waals surface area contributed by atoms with Gasteiger partial charge in [0.1, 0.15) is 11.9 Å². The molecule has 1 aliphatic rings. The van der Waals surface area contributed by atoms with Crippen molar-refractivity contribution in [2.24, 2.45) is 0 Å². The number of halogens is 2. The predicted octanol–water partition coefficient (Wildman–Crippen LogP) is 3.01. The second-order valence-corrected chi connectivity index (χ2v) is 6.75. The van der Waals surface area contributed by atoms with Crippen LogP contribution in [0.15, 0.2) is 42.5 Å². The summed E-state index contributed by atoms with van der Waals surface area (Å²) in [6, 6.07) is 12.8. The van der Waals surface area contributed by atoms with E-state index in [9.17, 15) is 9.18 Å². The standard InChI is InChI=1S/C19H20ClFN2O/c1-23(18-8-4-6-13-5-2-3-7-15(13)18)12-19(24)22-17-10-9-14(21)11-16(17)20/h2-3,5,7,9-11,18H,4,6,8,12H2,1H3,(H,22,24)/p+1/t18-/m1/s1. The fraction of sp³-hybridized carbons (Fsp3) is 0.316. The zero-order valence-corrected chi connectivity index (χ0v) is 14.4. The van der Waals surface area contributed by atoms with Crippen LogP contribution in [0, 0.1) is 5.82 Å². The van der Waals surface area contributed by atoms with Gasteiger partial charge in [-0.05, 0) is 36.6 Å². The molecule has 2 aromatic rings. The second kappa shape index (κ2) is 7.32. The van der Waals surface area contributed by atoms with Crippen molar-refractivity contribution in [2.75, 3.05) is 18.9 Å². The van der Waals surface area contributed by atoms with Gasteiger partial charge in [-0.15, -0.1) is 0 Å². The van der Waals surface area contributed by atoms with Crippen LogP contribution in [-0.2, 0) is 11.2 Å². The van der Waals surface area contributed by atoms with Gasteiger partial charge in [-0.3, -0.25) is 4.79 Å². The number of aryl methyl sites for hydroxylation is 1. The highest BCUT2D eigenvalue weighted by Crippen LogP contribution is 2.27. The van der Waals surface area contributed by atoms with Crippen molar-refractivity contribution in [3.63, 3.8) is 0 Å². The molecule has 1 aliphatic carbocycles. The molecule has 3 rings (SSSR count). The number of amides is 1. The van der Waals surface area contributed by atoms with Crippen LogP contribution in [-0.4, -0.2) is 19.5 Å². The number of carbonyl (C=O) groups excluding carboxylic acids is 1. The number of anilines is 1. The molecule has 0 bridgehead atoms. The van der Waals surface area contributed by atoms with Gasteiger partial charge in [0.2, 0.25) is 0 Å². The highest BCUT2D eigenvalue weighted by molar-refractivity contribution is 6.33. The molecule has 0 radical (unpaired) electrons. The minimum Gasteiger partial charge on any atom is -0.323 e. The fourth-order valence-corrected chi connectivity index (χ4v) is 3.64. The van der Waals surface area contributed by atoms with E-state index >= 15 is 0 Å². The third-order valence-corrected chi connectivity index (χ3v) is 4.92. The molecule has 2 atom stereocenters. The molecule has 1 amide bonds. The Balaban J connectivity index is 1.67. The molecule has 5 heteroatoms. The Hall–Kier alpha value is -1.91. The Labute approximate surface area is 146 Å². The summed E-state index contributed by atoms with van der Waals surface area (Å²) in [5.74, 6) is -0.538. The number of benzene rings is 2. The molecule has 24 heavy (non-hydrogen) atoms. The number of carbonyl (C=O) groups is 1. The van der Waals surface area contributed by atoms with Gasteiger partial charge < -0.3 is 10.2 Å². The maximum atomic E-state index is 13.1. The van der Waals surface area contributed by atoms with E-state index in [2.05, 4.69) is 29.6 Å². The predicted molar refractivity (Wildman–Crippen MR) is 93.9 cm³/mol. The Bertz CT molecular complexity index is 750. The van der Waals surface area contributed by atoms with Crippen LogP contribution in [0.2, 0.25) is 5.02 Å². The lowest BCUT2D eigenvalue weighted by Crippen LogP contribution is -3.10. The highest BCUT2D eigenvalue weighted by atomic mass is 35.5. The van der Waals surface area contributed by atoms with Crippen LogP contribution < -0.4 is 10.2 Å². The quantitative estimate of drug-likeness (QED) is 0.875. The smallest absolute Gasteiger partial charge is 0.279 e. The van der Waals surface area contributed by atoms with Crippen molar-refractivity contribution in [1.29, 1.82) is 0 Å². The Morgan fingerprint density at radius 1 is 1.33 bits per heavy atom. The number of fused-ring (bicyclic) bond motifs is 1. The Morgan fingerprint density at radius 2 is 2.12 bits per heavy atom. The first-order valence-corrected chi connectivity index (χ1v) is 8.57. The Kier molecular flexibility index (Phi) is 5.17. The molecule has 0 aliphatic heterocycles. The van der Waals surface area contributed by atoms with E-state index in [0.717, 1.165) is 24.2 Å². The summed E-state index contributed by atoms with van der Waals surface area (Å²) in [6.45, 7) is 0.340. The average molecular weight is 348 g/mol. The van der Waals surface area contributed by atoms with Crippen LogP contribution in [0.25, 0.3) is 0 Å². The minimum atomic E-state index is -0.417. The Morgan fingerprint density at radius 3 is 2.92 bits per heavy atom. The number of rotatable bonds is 4. The zero-order valence-electron chi connectivity index (χ0n) is 13.6. The summed E-state index contributed by atoms with van der Waals surface area (Å²) < 4.78 is 13.1. The van der Waals surface area contributed by atoms with Crippen molar-refractivity contribution in [3.8, 4) is 0 Å². The third-order valence-electron chi connectivity index (χ3n) is 4.61. The average Bonchev–Trinajstić information content (AvgIpc) is 2.57. The largest absolute Gasteiger partial charge is 0.323 e. The van der Waals surface area contributed by atoms with Crippen molar-refractivity contribution >= 4 is 23.2 Å². The van der Waals surface area contributed by atoms with Crippen LogP contribution >= 0.6 is 11.6 Å². The minimum absolute atomic E-state index is 0.121. The van der Waals surface area contributed by atoms with Gasteiger partial charge in [-0.2, -0.15) is 0 Å². The summed E-state index contributed by atoms with van der Waals surface area (Å²) in [6.07, 6.45) is 3.33. The third kappa shape index (κ3) is 3.77. The molecule has 0 aromatic heterocycles. The molecular weight excluding hydrogens is 327 g/mol. The SMILES string of the molecule is C[NH+](CC(=O)Nc1ccc(F)cc1Cl)[C@@H]1CCCc2ccccc21. The van der Waals surface area contributed by atoms with Gasteiger partial charge in [0.15, 0.2) is 6.54 Å². The monoisotopic (exact) mass is 347 g/mol. The number of hydrogen-bond acceptors (Lipinski definition) is 1. The molecule has 126 valence electrons. The van der Waals surface area contributed by atoms with Crippen molar-refractivity contribution in [1.82, 2.24) is 0 Å². The molecule has 0 heterocycles. The molecule has 1 unspecified atom stereocenters. The van der Waals surface area contributed by atoms with Crippen LogP contribution in [0.4, 0.5) is 10.1 Å². The second-order valence-electron chi connectivity index (χ2n) is 6.34. The summed E-state index contributed by atoms with van der Waals surface area (Å²) >= 11 is 5.96. The molecule has 0 saturated heterocycles. The molecule has 2 aromatic carbocycles. The molecular formula is C19H21ClFN2O+. The lowest BCUT2D eigenvalue weighted by Gasteiger charge is -2.30. The first kappa shape index (κ1) is 16.9. The van der Waals surface area contributed by atoms with E-state index in [1.807, 2.05) is 7.05 Å². The lowest BCUT2D eigenvalue weighted by atomic mass is 9.87. The molecule has 0 fully saturated rings. The number of hydrogen-bond donors (Lipinski definition) is 2. The van der Waals surface area contributed by atoms with Crippen molar-refractivity contribution in [3.05, 3.63) is 64.4 Å². The van der Waals surface area contributed by atoms with Crippen molar-refractivity contribution < 1.29 is 14.1 Å². The highest BCUT2D eigenvalue weighted by Gasteiger charge is 2.28. The number of quaternary nitrogens is 1. The summed E-state index contributed by atoms with van der Waals surface area (Å²) in [4.78, 5) is 13.5. The van der Waals surface area contributed by atoms with E-state index in [-0.39, 0.29) is 10.9 Å². The summed E-state index contributed by atoms with van der Waals surface area (Å²) in [7, 11) is 2.04. The van der Waals surface area contributed by atoms with Gasteiger partial charge in [0.25, 0.3) is 5.91 Å². The summed E-state index contributed by atoms with van der Waals surface area (Å²) in [5, 5.41) is 2.99. The molecule has 0 spiro atoms. The number of nitrogens with one attached hydrogen (secondary N) is 2. The molecule has 3 nitrogen and oxygen atoms in total. The topological polar surface area (TPSA) is 33.5 Å². The van der Waals surface area contributed by atoms with Gasteiger partial charge >= 0.3 is 0 Å².